The number of aromatic nitrogens is 3. The first-order valence-corrected chi connectivity index (χ1v) is 13.6. The average Bonchev–Trinajstić information content (AvgIpc) is 3.70. The molecule has 2 aromatic heterocycles. The van der Waals surface area contributed by atoms with E-state index < -0.39 is 35.1 Å². The first-order valence-electron chi connectivity index (χ1n) is 13.6. The fourth-order valence-electron chi connectivity index (χ4n) is 5.08. The number of alkyl halides is 1. The standard InChI is InChI=1S/C31H33F3N6O3/c1-17-11-20-12-19(13-24(43-4)27(20)39-38-17)23(35)15-40(36)16-31(42,30(34)9-10-30)25-14-22(29(2,3)41)26(33)28(37-25)18-5-7-21(32)8-6-18/h5-8,11-15,41-42H,9-10,16,35-36H2,1-4H3/b23-15-/t31-/m1/s1. The second kappa shape index (κ2) is 10.8. The zero-order valence-electron chi connectivity index (χ0n) is 24.2. The molecule has 1 aliphatic rings. The molecule has 2 heterocycles. The molecule has 2 aromatic carbocycles. The summed E-state index contributed by atoms with van der Waals surface area (Å²) in [6.07, 6.45) is 1.34. The molecule has 0 amide bonds. The van der Waals surface area contributed by atoms with Gasteiger partial charge in [0, 0.05) is 28.3 Å². The maximum absolute atomic E-state index is 16.0. The number of hydrogen-bond acceptors (Lipinski definition) is 9. The Hall–Kier alpha value is -4.26. The van der Waals surface area contributed by atoms with Crippen LogP contribution in [-0.2, 0) is 11.2 Å². The molecule has 12 heteroatoms. The van der Waals surface area contributed by atoms with Crippen molar-refractivity contribution in [3.63, 3.8) is 0 Å². The van der Waals surface area contributed by atoms with Gasteiger partial charge in [0.05, 0.1) is 36.3 Å². The molecule has 1 atom stereocenters. The van der Waals surface area contributed by atoms with E-state index in [0.717, 1.165) is 28.6 Å². The summed E-state index contributed by atoms with van der Waals surface area (Å²) in [5.41, 5.74) is 1.55. The van der Waals surface area contributed by atoms with Crippen molar-refractivity contribution in [2.45, 2.75) is 50.5 Å². The number of halogens is 3. The number of aliphatic hydroxyl groups is 2. The molecule has 1 aliphatic carbocycles. The Kier molecular flexibility index (Phi) is 7.57. The van der Waals surface area contributed by atoms with Crippen LogP contribution in [0.5, 0.6) is 5.75 Å². The summed E-state index contributed by atoms with van der Waals surface area (Å²) < 4.78 is 50.8. The number of ether oxygens (including phenoxy) is 1. The SMILES string of the molecule is COc1cc(/C(N)=C/N(N)C[C@@](O)(c2cc(C(C)(C)O)c(F)c(-c3ccc(F)cc3)n2)C2(F)CC2)cc2cc(C)nnc12. The molecule has 0 spiro atoms. The maximum Gasteiger partial charge on any atom is 0.159 e. The third-order valence-corrected chi connectivity index (χ3v) is 7.63. The van der Waals surface area contributed by atoms with Crippen LogP contribution >= 0.6 is 0 Å². The minimum atomic E-state index is -2.34. The van der Waals surface area contributed by atoms with Gasteiger partial charge >= 0.3 is 0 Å². The Balaban J connectivity index is 1.57. The lowest BCUT2D eigenvalue weighted by molar-refractivity contribution is -0.0755. The zero-order chi connectivity index (χ0) is 31.3. The van der Waals surface area contributed by atoms with Gasteiger partial charge in [0.2, 0.25) is 0 Å². The summed E-state index contributed by atoms with van der Waals surface area (Å²) in [4.78, 5) is 4.32. The van der Waals surface area contributed by atoms with E-state index in [1.165, 1.54) is 39.3 Å². The van der Waals surface area contributed by atoms with Crippen LogP contribution in [-0.4, -0.2) is 49.7 Å². The van der Waals surface area contributed by atoms with Gasteiger partial charge in [-0.25, -0.2) is 24.0 Å². The number of benzene rings is 2. The molecule has 226 valence electrons. The molecule has 43 heavy (non-hydrogen) atoms. The van der Waals surface area contributed by atoms with Crippen molar-refractivity contribution < 1.29 is 28.1 Å². The number of aryl methyl sites for hydroxylation is 1. The van der Waals surface area contributed by atoms with Crippen molar-refractivity contribution >= 4 is 16.6 Å². The lowest BCUT2D eigenvalue weighted by Gasteiger charge is -2.35. The summed E-state index contributed by atoms with van der Waals surface area (Å²) in [5.74, 6) is 5.29. The van der Waals surface area contributed by atoms with Gasteiger partial charge in [-0.3, -0.25) is 0 Å². The maximum atomic E-state index is 16.0. The lowest BCUT2D eigenvalue weighted by atomic mass is 9.86. The van der Waals surface area contributed by atoms with Crippen LogP contribution in [0.2, 0.25) is 0 Å². The van der Waals surface area contributed by atoms with E-state index in [9.17, 15) is 14.6 Å². The van der Waals surface area contributed by atoms with E-state index >= 15 is 8.78 Å². The van der Waals surface area contributed by atoms with Gasteiger partial charge in [-0.15, -0.1) is 5.10 Å². The Morgan fingerprint density at radius 1 is 1.09 bits per heavy atom. The Morgan fingerprint density at radius 2 is 1.77 bits per heavy atom. The number of nitrogens with two attached hydrogens (primary N) is 2. The van der Waals surface area contributed by atoms with Gasteiger partial charge < -0.3 is 25.7 Å². The van der Waals surface area contributed by atoms with Crippen LogP contribution in [0.15, 0.2) is 54.7 Å². The van der Waals surface area contributed by atoms with Crippen molar-refractivity contribution in [2.24, 2.45) is 11.6 Å². The quantitative estimate of drug-likeness (QED) is 0.164. The molecule has 6 N–H and O–H groups in total. The fraction of sp³-hybridized carbons (Fsp3) is 0.323. The molecule has 0 bridgehead atoms. The number of hydrazine groups is 1. The molecule has 0 aliphatic heterocycles. The van der Waals surface area contributed by atoms with Crippen LogP contribution in [0.25, 0.3) is 27.9 Å². The van der Waals surface area contributed by atoms with E-state index in [-0.39, 0.29) is 41.1 Å². The van der Waals surface area contributed by atoms with Crippen molar-refractivity contribution in [1.29, 1.82) is 0 Å². The van der Waals surface area contributed by atoms with Crippen molar-refractivity contribution in [2.75, 3.05) is 13.7 Å². The van der Waals surface area contributed by atoms with E-state index in [4.69, 9.17) is 16.3 Å². The monoisotopic (exact) mass is 594 g/mol. The molecule has 4 aromatic rings. The van der Waals surface area contributed by atoms with Gasteiger partial charge in [0.1, 0.15) is 28.4 Å². The number of nitrogens with zero attached hydrogens (tertiary/aromatic N) is 4. The lowest BCUT2D eigenvalue weighted by Crippen LogP contribution is -2.50. The predicted molar refractivity (Wildman–Crippen MR) is 156 cm³/mol. The average molecular weight is 595 g/mol. The molecule has 0 saturated heterocycles. The highest BCUT2D eigenvalue weighted by Gasteiger charge is 2.62. The summed E-state index contributed by atoms with van der Waals surface area (Å²) in [7, 11) is 1.49. The number of fused-ring (bicyclic) bond motifs is 1. The van der Waals surface area contributed by atoms with Crippen molar-refractivity contribution in [1.82, 2.24) is 20.2 Å². The molecular formula is C31H33F3N6O3. The van der Waals surface area contributed by atoms with Crippen LogP contribution in [0, 0.1) is 18.6 Å². The number of pyridine rings is 1. The van der Waals surface area contributed by atoms with E-state index in [1.54, 1.807) is 19.1 Å². The van der Waals surface area contributed by atoms with Crippen LogP contribution in [0.3, 0.4) is 0 Å². The zero-order valence-corrected chi connectivity index (χ0v) is 24.2. The highest BCUT2D eigenvalue weighted by atomic mass is 19.1. The Labute approximate surface area is 246 Å². The summed E-state index contributed by atoms with van der Waals surface area (Å²) in [6.45, 7) is 3.99. The topological polar surface area (TPSA) is 144 Å². The Morgan fingerprint density at radius 3 is 2.37 bits per heavy atom. The third-order valence-electron chi connectivity index (χ3n) is 7.63. The summed E-state index contributed by atoms with van der Waals surface area (Å²) >= 11 is 0. The highest BCUT2D eigenvalue weighted by molar-refractivity contribution is 5.88. The summed E-state index contributed by atoms with van der Waals surface area (Å²) in [5, 5.41) is 32.7. The van der Waals surface area contributed by atoms with Gasteiger partial charge in [-0.2, -0.15) is 5.10 Å². The van der Waals surface area contributed by atoms with Gasteiger partial charge in [-0.05, 0) is 82.1 Å². The predicted octanol–water partition coefficient (Wildman–Crippen LogP) is 4.34. The van der Waals surface area contributed by atoms with Crippen LogP contribution in [0.1, 0.15) is 49.2 Å². The van der Waals surface area contributed by atoms with Crippen molar-refractivity contribution in [3.8, 4) is 17.0 Å². The molecule has 5 rings (SSSR count). The van der Waals surface area contributed by atoms with Gasteiger partial charge in [-0.1, -0.05) is 0 Å². The number of rotatable bonds is 9. The van der Waals surface area contributed by atoms with Gasteiger partial charge in [0.25, 0.3) is 0 Å². The third kappa shape index (κ3) is 5.73. The molecule has 0 radical (unpaired) electrons. The number of methoxy groups -OCH3 is 1. The minimum absolute atomic E-state index is 0.00157. The second-order valence-corrected chi connectivity index (χ2v) is 11.5. The molecular weight excluding hydrogens is 561 g/mol. The second-order valence-electron chi connectivity index (χ2n) is 11.5. The van der Waals surface area contributed by atoms with E-state index in [2.05, 4.69) is 15.2 Å². The largest absolute Gasteiger partial charge is 0.494 e. The minimum Gasteiger partial charge on any atom is -0.494 e. The van der Waals surface area contributed by atoms with Gasteiger partial charge in [0.15, 0.2) is 11.4 Å². The highest BCUT2D eigenvalue weighted by Crippen LogP contribution is 2.54. The number of hydrogen-bond donors (Lipinski definition) is 4. The molecule has 0 unspecified atom stereocenters. The molecule has 9 nitrogen and oxygen atoms in total. The Bertz CT molecular complexity index is 1720. The first-order chi connectivity index (χ1) is 20.1. The van der Waals surface area contributed by atoms with E-state index in [1.807, 2.05) is 6.07 Å². The summed E-state index contributed by atoms with van der Waals surface area (Å²) in [6, 6.07) is 11.3. The first kappa shape index (κ1) is 30.2. The van der Waals surface area contributed by atoms with Crippen molar-refractivity contribution in [3.05, 3.63) is 88.9 Å². The molecule has 1 saturated carbocycles. The fourth-order valence-corrected chi connectivity index (χ4v) is 5.08. The molecule has 1 fully saturated rings. The van der Waals surface area contributed by atoms with Crippen LogP contribution in [0.4, 0.5) is 13.2 Å². The van der Waals surface area contributed by atoms with E-state index in [0.29, 0.717) is 22.5 Å². The smallest absolute Gasteiger partial charge is 0.159 e. The van der Waals surface area contributed by atoms with Crippen LogP contribution < -0.4 is 16.3 Å². The normalized spacial score (nSPS) is 16.2.